The fourth-order valence-electron chi connectivity index (χ4n) is 0.791. The van der Waals surface area contributed by atoms with Gasteiger partial charge < -0.3 is 4.74 Å². The molecule has 3 nitrogen and oxygen atoms in total. The molecule has 0 aliphatic heterocycles. The van der Waals surface area contributed by atoms with Gasteiger partial charge in [-0.25, -0.2) is 4.98 Å². The zero-order valence-corrected chi connectivity index (χ0v) is 8.13. The molecule has 1 aromatic heterocycles. The van der Waals surface area contributed by atoms with Crippen molar-refractivity contribution in [3.63, 3.8) is 0 Å². The number of halogens is 1. The predicted octanol–water partition coefficient (Wildman–Crippen LogP) is 1.92. The number of nitriles is 1. The van der Waals surface area contributed by atoms with Crippen LogP contribution in [0.25, 0.3) is 0 Å². The van der Waals surface area contributed by atoms with E-state index in [4.69, 9.17) is 10.00 Å². The van der Waals surface area contributed by atoms with Crippen molar-refractivity contribution in [3.8, 4) is 11.8 Å². The second-order valence-corrected chi connectivity index (χ2v) is 2.88. The molecule has 0 aliphatic rings. The molecule has 4 heteroatoms. The number of hydrogen-bond acceptors (Lipinski definition) is 3. The molecular weight excluding hydrogens is 220 g/mol. The summed E-state index contributed by atoms with van der Waals surface area (Å²) < 4.78 is 5.62. The summed E-state index contributed by atoms with van der Waals surface area (Å²) in [7, 11) is 1.58. The second-order valence-electron chi connectivity index (χ2n) is 2.13. The molecule has 0 spiro atoms. The maximum absolute atomic E-state index is 8.40. The normalized spacial score (nSPS) is 9.08. The van der Waals surface area contributed by atoms with Crippen molar-refractivity contribution >= 4 is 15.9 Å². The number of ether oxygens (including phenoxy) is 1. The van der Waals surface area contributed by atoms with E-state index in [9.17, 15) is 0 Å². The molecule has 0 saturated heterocycles. The van der Waals surface area contributed by atoms with Crippen molar-refractivity contribution in [2.75, 3.05) is 7.11 Å². The number of aromatic nitrogens is 1. The highest BCUT2D eigenvalue weighted by Gasteiger charge is 2.01. The molecule has 0 amide bonds. The fraction of sp³-hybridized carbons (Fsp3) is 0.250. The van der Waals surface area contributed by atoms with E-state index in [-0.39, 0.29) is 0 Å². The van der Waals surface area contributed by atoms with E-state index in [1.807, 2.05) is 6.07 Å². The third-order valence-electron chi connectivity index (χ3n) is 1.35. The van der Waals surface area contributed by atoms with E-state index in [2.05, 4.69) is 20.9 Å². The van der Waals surface area contributed by atoms with Crippen molar-refractivity contribution in [1.82, 2.24) is 4.98 Å². The van der Waals surface area contributed by atoms with Crippen LogP contribution in [-0.4, -0.2) is 12.1 Å². The Labute approximate surface area is 79.1 Å². The van der Waals surface area contributed by atoms with Crippen molar-refractivity contribution in [3.05, 3.63) is 22.4 Å². The maximum Gasteiger partial charge on any atom is 0.151 e. The summed E-state index contributed by atoms with van der Waals surface area (Å²) in [6.45, 7) is 0. The Hall–Kier alpha value is -1.08. The topological polar surface area (TPSA) is 45.9 Å². The molecule has 1 rings (SSSR count). The van der Waals surface area contributed by atoms with Gasteiger partial charge in [-0.15, -0.1) is 0 Å². The highest BCUT2D eigenvalue weighted by atomic mass is 79.9. The average molecular weight is 227 g/mol. The Bertz CT molecular complexity index is 319. The van der Waals surface area contributed by atoms with E-state index in [0.29, 0.717) is 16.8 Å². The SMILES string of the molecule is COc1ccc(CC#N)nc1Br. The van der Waals surface area contributed by atoms with Gasteiger partial charge in [0.15, 0.2) is 5.75 Å². The number of hydrogen-bond donors (Lipinski definition) is 0. The summed E-state index contributed by atoms with van der Waals surface area (Å²) in [4.78, 5) is 4.10. The van der Waals surface area contributed by atoms with Crippen LogP contribution in [0.3, 0.4) is 0 Å². The van der Waals surface area contributed by atoms with Crippen LogP contribution in [0.4, 0.5) is 0 Å². The first kappa shape index (κ1) is 9.01. The zero-order chi connectivity index (χ0) is 8.97. The molecule has 0 atom stereocenters. The van der Waals surface area contributed by atoms with Gasteiger partial charge in [-0.05, 0) is 28.1 Å². The molecule has 0 fully saturated rings. The van der Waals surface area contributed by atoms with Crippen LogP contribution < -0.4 is 4.74 Å². The molecule has 0 radical (unpaired) electrons. The van der Waals surface area contributed by atoms with Crippen molar-refractivity contribution in [2.45, 2.75) is 6.42 Å². The molecule has 0 bridgehead atoms. The van der Waals surface area contributed by atoms with Gasteiger partial charge in [-0.2, -0.15) is 5.26 Å². The molecule has 12 heavy (non-hydrogen) atoms. The Kier molecular flexibility index (Phi) is 3.06. The quantitative estimate of drug-likeness (QED) is 0.725. The van der Waals surface area contributed by atoms with Crippen LogP contribution in [0.1, 0.15) is 5.69 Å². The molecule has 62 valence electrons. The van der Waals surface area contributed by atoms with Crippen LogP contribution in [0.2, 0.25) is 0 Å². The lowest BCUT2D eigenvalue weighted by Crippen LogP contribution is -1.91. The second kappa shape index (κ2) is 4.07. The monoisotopic (exact) mass is 226 g/mol. The van der Waals surface area contributed by atoms with E-state index >= 15 is 0 Å². The van der Waals surface area contributed by atoms with Crippen LogP contribution in [-0.2, 0) is 6.42 Å². The van der Waals surface area contributed by atoms with Crippen LogP contribution >= 0.6 is 15.9 Å². The van der Waals surface area contributed by atoms with Gasteiger partial charge in [-0.3, -0.25) is 0 Å². The van der Waals surface area contributed by atoms with Crippen molar-refractivity contribution in [1.29, 1.82) is 5.26 Å². The first-order chi connectivity index (χ1) is 5.77. The molecule has 0 aliphatic carbocycles. The van der Waals surface area contributed by atoms with Crippen LogP contribution in [0.5, 0.6) is 5.75 Å². The first-order valence-corrected chi connectivity index (χ1v) is 4.13. The van der Waals surface area contributed by atoms with Crippen LogP contribution in [0, 0.1) is 11.3 Å². The van der Waals surface area contributed by atoms with Gasteiger partial charge >= 0.3 is 0 Å². The lowest BCUT2D eigenvalue weighted by atomic mass is 10.3. The predicted molar refractivity (Wildman–Crippen MR) is 47.8 cm³/mol. The van der Waals surface area contributed by atoms with Gasteiger partial charge in [0, 0.05) is 0 Å². The summed E-state index contributed by atoms with van der Waals surface area (Å²) in [5, 5.41) is 8.40. The zero-order valence-electron chi connectivity index (χ0n) is 6.54. The lowest BCUT2D eigenvalue weighted by molar-refractivity contribution is 0.409. The standard InChI is InChI=1S/C8H7BrN2O/c1-12-7-3-2-6(4-5-10)11-8(7)9/h2-3H,4H2,1H3. The third kappa shape index (κ3) is 1.95. The van der Waals surface area contributed by atoms with Gasteiger partial charge in [0.1, 0.15) is 4.60 Å². The van der Waals surface area contributed by atoms with E-state index in [1.54, 1.807) is 19.2 Å². The Morgan fingerprint density at radius 2 is 2.42 bits per heavy atom. The number of methoxy groups -OCH3 is 1. The van der Waals surface area contributed by atoms with Gasteiger partial charge in [0.05, 0.1) is 25.3 Å². The molecule has 0 saturated carbocycles. The lowest BCUT2D eigenvalue weighted by Gasteiger charge is -2.02. The third-order valence-corrected chi connectivity index (χ3v) is 1.92. The Morgan fingerprint density at radius 3 is 2.92 bits per heavy atom. The van der Waals surface area contributed by atoms with Gasteiger partial charge in [0.25, 0.3) is 0 Å². The molecule has 1 aromatic rings. The Balaban J connectivity index is 2.95. The number of pyridine rings is 1. The summed E-state index contributed by atoms with van der Waals surface area (Å²) in [5.41, 5.74) is 0.741. The van der Waals surface area contributed by atoms with Gasteiger partial charge in [-0.1, -0.05) is 0 Å². The minimum absolute atomic E-state index is 0.322. The maximum atomic E-state index is 8.40. The summed E-state index contributed by atoms with van der Waals surface area (Å²) >= 11 is 3.23. The highest BCUT2D eigenvalue weighted by molar-refractivity contribution is 9.10. The summed E-state index contributed by atoms with van der Waals surface area (Å²) in [6, 6.07) is 5.58. The number of rotatable bonds is 2. The Morgan fingerprint density at radius 1 is 1.67 bits per heavy atom. The highest BCUT2D eigenvalue weighted by Crippen LogP contribution is 2.21. The summed E-state index contributed by atoms with van der Waals surface area (Å²) in [6.07, 6.45) is 0.322. The van der Waals surface area contributed by atoms with Gasteiger partial charge in [0.2, 0.25) is 0 Å². The molecular formula is C8H7BrN2O. The smallest absolute Gasteiger partial charge is 0.151 e. The molecule has 0 aromatic carbocycles. The molecule has 0 unspecified atom stereocenters. The molecule has 1 heterocycles. The molecule has 0 N–H and O–H groups in total. The number of nitrogens with zero attached hydrogens (tertiary/aromatic N) is 2. The van der Waals surface area contributed by atoms with Crippen molar-refractivity contribution < 1.29 is 4.74 Å². The van der Waals surface area contributed by atoms with E-state index in [0.717, 1.165) is 5.69 Å². The minimum Gasteiger partial charge on any atom is -0.494 e. The summed E-state index contributed by atoms with van der Waals surface area (Å²) in [5.74, 6) is 0.677. The first-order valence-electron chi connectivity index (χ1n) is 3.34. The fourth-order valence-corrected chi connectivity index (χ4v) is 1.31. The van der Waals surface area contributed by atoms with Crippen molar-refractivity contribution in [2.24, 2.45) is 0 Å². The van der Waals surface area contributed by atoms with Crippen LogP contribution in [0.15, 0.2) is 16.7 Å². The largest absolute Gasteiger partial charge is 0.494 e. The van der Waals surface area contributed by atoms with E-state index < -0.39 is 0 Å². The average Bonchev–Trinajstić information content (AvgIpc) is 2.05. The van der Waals surface area contributed by atoms with E-state index in [1.165, 1.54) is 0 Å². The minimum atomic E-state index is 0.322.